The summed E-state index contributed by atoms with van der Waals surface area (Å²) in [5.41, 5.74) is -0.111. The van der Waals surface area contributed by atoms with Crippen molar-refractivity contribution < 1.29 is 18.3 Å². The maximum Gasteiger partial charge on any atom is 0.129 e. The van der Waals surface area contributed by atoms with Crippen molar-refractivity contribution >= 4 is 11.8 Å². The van der Waals surface area contributed by atoms with E-state index in [4.69, 9.17) is 0 Å². The van der Waals surface area contributed by atoms with Crippen LogP contribution in [0.1, 0.15) is 5.56 Å². The van der Waals surface area contributed by atoms with E-state index in [0.717, 1.165) is 17.0 Å². The summed E-state index contributed by atoms with van der Waals surface area (Å²) < 4.78 is 39.6. The number of rotatable bonds is 5. The standard InChI is InChI=1S/C15H13F3OS/c16-10-4-6-12(7-5-10)20-9-11(19)8-13-14(17)2-1-3-15(13)18/h1-7,11,19H,8-9H2. The van der Waals surface area contributed by atoms with Gasteiger partial charge in [-0.05, 0) is 36.4 Å². The zero-order chi connectivity index (χ0) is 14.5. The Morgan fingerprint density at radius 1 is 0.950 bits per heavy atom. The number of aliphatic hydroxyl groups is 1. The van der Waals surface area contributed by atoms with Crippen molar-refractivity contribution in [1.82, 2.24) is 0 Å². The van der Waals surface area contributed by atoms with Crippen LogP contribution in [0.4, 0.5) is 13.2 Å². The van der Waals surface area contributed by atoms with Gasteiger partial charge in [-0.3, -0.25) is 0 Å². The van der Waals surface area contributed by atoms with Crippen LogP contribution in [0.25, 0.3) is 0 Å². The van der Waals surface area contributed by atoms with Crippen molar-refractivity contribution in [3.8, 4) is 0 Å². The fraction of sp³-hybridized carbons (Fsp3) is 0.200. The summed E-state index contributed by atoms with van der Waals surface area (Å²) in [6.07, 6.45) is -0.969. The topological polar surface area (TPSA) is 20.2 Å². The van der Waals surface area contributed by atoms with E-state index in [1.54, 1.807) is 12.1 Å². The Kier molecular flexibility index (Phi) is 5.09. The molecular formula is C15H13F3OS. The molecule has 0 radical (unpaired) electrons. The summed E-state index contributed by atoms with van der Waals surface area (Å²) >= 11 is 1.31. The Labute approximate surface area is 119 Å². The normalized spacial score (nSPS) is 12.4. The fourth-order valence-electron chi connectivity index (χ4n) is 1.75. The predicted molar refractivity (Wildman–Crippen MR) is 73.2 cm³/mol. The number of thioether (sulfide) groups is 1. The highest BCUT2D eigenvalue weighted by Crippen LogP contribution is 2.21. The Hall–Kier alpha value is -1.46. The van der Waals surface area contributed by atoms with Gasteiger partial charge < -0.3 is 5.11 Å². The molecule has 0 heterocycles. The van der Waals surface area contributed by atoms with E-state index in [0.29, 0.717) is 0 Å². The zero-order valence-electron chi connectivity index (χ0n) is 10.5. The molecule has 0 bridgehead atoms. The molecule has 0 saturated heterocycles. The van der Waals surface area contributed by atoms with E-state index in [-0.39, 0.29) is 23.6 Å². The van der Waals surface area contributed by atoms with Crippen LogP contribution in [0, 0.1) is 17.5 Å². The zero-order valence-corrected chi connectivity index (χ0v) is 11.3. The Bertz CT molecular complexity index is 552. The van der Waals surface area contributed by atoms with E-state index >= 15 is 0 Å². The van der Waals surface area contributed by atoms with E-state index < -0.39 is 17.7 Å². The third kappa shape index (κ3) is 4.02. The Morgan fingerprint density at radius 3 is 2.15 bits per heavy atom. The van der Waals surface area contributed by atoms with Crippen LogP contribution < -0.4 is 0 Å². The third-order valence-corrected chi connectivity index (χ3v) is 3.91. The van der Waals surface area contributed by atoms with Gasteiger partial charge in [0.1, 0.15) is 17.5 Å². The second-order valence-corrected chi connectivity index (χ2v) is 5.42. The molecule has 0 fully saturated rings. The molecule has 0 aliphatic heterocycles. The summed E-state index contributed by atoms with van der Waals surface area (Å²) in [6, 6.07) is 9.45. The highest BCUT2D eigenvalue weighted by Gasteiger charge is 2.14. The van der Waals surface area contributed by atoms with Gasteiger partial charge in [-0.1, -0.05) is 6.07 Å². The van der Waals surface area contributed by atoms with Crippen LogP contribution in [0.2, 0.25) is 0 Å². The number of halogens is 3. The molecule has 20 heavy (non-hydrogen) atoms. The SMILES string of the molecule is OC(CSc1ccc(F)cc1)Cc1c(F)cccc1F. The smallest absolute Gasteiger partial charge is 0.129 e. The Balaban J connectivity index is 1.92. The summed E-state index contributed by atoms with van der Waals surface area (Å²) in [7, 11) is 0. The number of benzene rings is 2. The molecule has 2 rings (SSSR count). The quantitative estimate of drug-likeness (QED) is 0.847. The summed E-state index contributed by atoms with van der Waals surface area (Å²) in [5.74, 6) is -1.37. The maximum absolute atomic E-state index is 13.4. The van der Waals surface area contributed by atoms with Crippen LogP contribution in [-0.4, -0.2) is 17.0 Å². The lowest BCUT2D eigenvalue weighted by molar-refractivity contribution is 0.197. The van der Waals surface area contributed by atoms with Gasteiger partial charge in [0.05, 0.1) is 6.10 Å². The fourth-order valence-corrected chi connectivity index (χ4v) is 2.58. The van der Waals surface area contributed by atoms with Crippen molar-refractivity contribution in [2.24, 2.45) is 0 Å². The Morgan fingerprint density at radius 2 is 1.55 bits per heavy atom. The molecule has 0 spiro atoms. The minimum atomic E-state index is -0.878. The first-order chi connectivity index (χ1) is 9.56. The number of aliphatic hydroxyl groups excluding tert-OH is 1. The van der Waals surface area contributed by atoms with Crippen molar-refractivity contribution in [3.05, 3.63) is 65.5 Å². The second kappa shape index (κ2) is 6.81. The van der Waals surface area contributed by atoms with Crippen LogP contribution in [0.5, 0.6) is 0 Å². The van der Waals surface area contributed by atoms with Gasteiger partial charge in [0, 0.05) is 22.6 Å². The van der Waals surface area contributed by atoms with Gasteiger partial charge in [-0.2, -0.15) is 0 Å². The molecule has 1 unspecified atom stereocenters. The van der Waals surface area contributed by atoms with E-state index in [2.05, 4.69) is 0 Å². The summed E-state index contributed by atoms with van der Waals surface area (Å²) in [6.45, 7) is 0. The van der Waals surface area contributed by atoms with E-state index in [1.165, 1.54) is 30.0 Å². The van der Waals surface area contributed by atoms with Crippen molar-refractivity contribution in [1.29, 1.82) is 0 Å². The summed E-state index contributed by atoms with van der Waals surface area (Å²) in [4.78, 5) is 0.791. The first-order valence-corrected chi connectivity index (χ1v) is 7.04. The molecule has 106 valence electrons. The average molecular weight is 298 g/mol. The highest BCUT2D eigenvalue weighted by atomic mass is 32.2. The van der Waals surface area contributed by atoms with Crippen LogP contribution >= 0.6 is 11.8 Å². The molecule has 0 aliphatic carbocycles. The van der Waals surface area contributed by atoms with E-state index in [9.17, 15) is 18.3 Å². The molecule has 2 aromatic carbocycles. The maximum atomic E-state index is 13.4. The second-order valence-electron chi connectivity index (χ2n) is 4.32. The minimum absolute atomic E-state index is 0.0906. The van der Waals surface area contributed by atoms with E-state index in [1.807, 2.05) is 0 Å². The van der Waals surface area contributed by atoms with Crippen LogP contribution in [-0.2, 0) is 6.42 Å². The van der Waals surface area contributed by atoms with Gasteiger partial charge in [0.25, 0.3) is 0 Å². The largest absolute Gasteiger partial charge is 0.392 e. The molecule has 2 aromatic rings. The average Bonchev–Trinajstić information content (AvgIpc) is 2.42. The monoisotopic (exact) mass is 298 g/mol. The molecule has 0 aliphatic rings. The van der Waals surface area contributed by atoms with Crippen molar-refractivity contribution in [2.75, 3.05) is 5.75 Å². The molecule has 1 nitrogen and oxygen atoms in total. The summed E-state index contributed by atoms with van der Waals surface area (Å²) in [5, 5.41) is 9.84. The van der Waals surface area contributed by atoms with Gasteiger partial charge in [-0.15, -0.1) is 11.8 Å². The number of hydrogen-bond donors (Lipinski definition) is 1. The van der Waals surface area contributed by atoms with Gasteiger partial charge in [0.2, 0.25) is 0 Å². The first kappa shape index (κ1) is 14.9. The third-order valence-electron chi connectivity index (χ3n) is 2.76. The minimum Gasteiger partial charge on any atom is -0.392 e. The molecule has 1 N–H and O–H groups in total. The molecule has 0 aromatic heterocycles. The van der Waals surface area contributed by atoms with Crippen molar-refractivity contribution in [2.45, 2.75) is 17.4 Å². The lowest BCUT2D eigenvalue weighted by Crippen LogP contribution is -2.15. The van der Waals surface area contributed by atoms with Crippen LogP contribution in [0.15, 0.2) is 47.4 Å². The van der Waals surface area contributed by atoms with Gasteiger partial charge >= 0.3 is 0 Å². The molecular weight excluding hydrogens is 285 g/mol. The molecule has 5 heteroatoms. The predicted octanol–water partition coefficient (Wildman–Crippen LogP) is 3.80. The molecule has 1 atom stereocenters. The van der Waals surface area contributed by atoms with Crippen LogP contribution in [0.3, 0.4) is 0 Å². The lowest BCUT2D eigenvalue weighted by atomic mass is 10.1. The molecule has 0 saturated carbocycles. The number of hydrogen-bond acceptors (Lipinski definition) is 2. The van der Waals surface area contributed by atoms with Crippen molar-refractivity contribution in [3.63, 3.8) is 0 Å². The highest BCUT2D eigenvalue weighted by molar-refractivity contribution is 7.99. The lowest BCUT2D eigenvalue weighted by Gasteiger charge is -2.11. The van der Waals surface area contributed by atoms with Gasteiger partial charge in [-0.25, -0.2) is 13.2 Å². The molecule has 0 amide bonds. The van der Waals surface area contributed by atoms with Gasteiger partial charge in [0.15, 0.2) is 0 Å². The first-order valence-electron chi connectivity index (χ1n) is 6.05.